The summed E-state index contributed by atoms with van der Waals surface area (Å²) in [6, 6.07) is 9.62. The van der Waals surface area contributed by atoms with Crippen LogP contribution in [0.1, 0.15) is 12.5 Å². The minimum absolute atomic E-state index is 0.00207. The highest BCUT2D eigenvalue weighted by Gasteiger charge is 2.27. The molecule has 1 saturated heterocycles. The zero-order chi connectivity index (χ0) is 24.3. The molecule has 34 heavy (non-hydrogen) atoms. The van der Waals surface area contributed by atoms with Gasteiger partial charge >= 0.3 is 0 Å². The van der Waals surface area contributed by atoms with Crippen LogP contribution in [-0.2, 0) is 26.1 Å². The highest BCUT2D eigenvalue weighted by atomic mass is 32.2. The third-order valence-corrected chi connectivity index (χ3v) is 6.88. The number of amides is 1. The highest BCUT2D eigenvalue weighted by molar-refractivity contribution is 7.88. The monoisotopic (exact) mass is 485 g/mol. The van der Waals surface area contributed by atoms with Crippen LogP contribution in [0, 0.1) is 0 Å². The van der Waals surface area contributed by atoms with Gasteiger partial charge in [-0.3, -0.25) is 9.78 Å². The van der Waals surface area contributed by atoms with Crippen molar-refractivity contribution in [1.29, 1.82) is 0 Å². The fourth-order valence-corrected chi connectivity index (χ4v) is 4.47. The summed E-state index contributed by atoms with van der Waals surface area (Å²) in [5.74, 6) is 0.309. The second-order valence-electron chi connectivity index (χ2n) is 8.23. The van der Waals surface area contributed by atoms with Crippen LogP contribution in [0.2, 0.25) is 0 Å². The first-order chi connectivity index (χ1) is 16.2. The van der Waals surface area contributed by atoms with Crippen LogP contribution in [0.5, 0.6) is 5.88 Å². The van der Waals surface area contributed by atoms with Gasteiger partial charge in [0.2, 0.25) is 21.8 Å². The third kappa shape index (κ3) is 5.66. The van der Waals surface area contributed by atoms with Gasteiger partial charge in [-0.2, -0.15) is 4.31 Å². The molecule has 3 aromatic rings. The number of rotatable bonds is 7. The Bertz CT molecular complexity index is 1280. The first-order valence-corrected chi connectivity index (χ1v) is 12.7. The van der Waals surface area contributed by atoms with Gasteiger partial charge in [-0.15, -0.1) is 0 Å². The zero-order valence-corrected chi connectivity index (χ0v) is 20.2. The van der Waals surface area contributed by atoms with Gasteiger partial charge in [0.05, 0.1) is 24.1 Å². The molecule has 0 saturated carbocycles. The van der Waals surface area contributed by atoms with Crippen LogP contribution in [-0.4, -0.2) is 84.2 Å². The van der Waals surface area contributed by atoms with Crippen molar-refractivity contribution in [1.82, 2.24) is 24.2 Å². The molecule has 0 radical (unpaired) electrons. The van der Waals surface area contributed by atoms with E-state index < -0.39 is 16.1 Å². The van der Waals surface area contributed by atoms with Gasteiger partial charge in [-0.25, -0.2) is 18.4 Å². The summed E-state index contributed by atoms with van der Waals surface area (Å²) in [5, 5.41) is 0. The van der Waals surface area contributed by atoms with Gasteiger partial charge in [0.15, 0.2) is 5.52 Å². The minimum Gasteiger partial charge on any atom is -0.473 e. The normalized spacial score (nSPS) is 17.0. The van der Waals surface area contributed by atoms with Crippen molar-refractivity contribution in [2.24, 2.45) is 0 Å². The molecule has 11 heteroatoms. The Morgan fingerprint density at radius 1 is 1.24 bits per heavy atom. The van der Waals surface area contributed by atoms with Crippen LogP contribution < -0.4 is 4.74 Å². The lowest BCUT2D eigenvalue weighted by atomic mass is 10.1. The number of pyridine rings is 1. The number of sulfonamides is 1. The van der Waals surface area contributed by atoms with Crippen molar-refractivity contribution in [2.75, 3.05) is 39.6 Å². The lowest BCUT2D eigenvalue weighted by Crippen LogP contribution is -2.47. The fraction of sp³-hybridized carbons (Fsp3) is 0.391. The Morgan fingerprint density at radius 2 is 1.97 bits per heavy atom. The zero-order valence-electron chi connectivity index (χ0n) is 19.3. The van der Waals surface area contributed by atoms with Gasteiger partial charge in [-0.05, 0) is 11.6 Å². The van der Waals surface area contributed by atoms with Crippen molar-refractivity contribution >= 4 is 27.0 Å². The lowest BCUT2D eigenvalue weighted by Gasteiger charge is -2.30. The summed E-state index contributed by atoms with van der Waals surface area (Å²) in [6.07, 6.45) is 3.94. The first-order valence-electron chi connectivity index (χ1n) is 10.8. The number of hydrogen-bond donors (Lipinski definition) is 0. The number of hydrogen-bond acceptors (Lipinski definition) is 8. The van der Waals surface area contributed by atoms with Gasteiger partial charge in [0, 0.05) is 51.6 Å². The molecule has 1 amide bonds. The van der Waals surface area contributed by atoms with Crippen molar-refractivity contribution in [3.8, 4) is 17.1 Å². The van der Waals surface area contributed by atoms with Crippen LogP contribution in [0.4, 0.5) is 0 Å². The Hall–Kier alpha value is -3.15. The van der Waals surface area contributed by atoms with Crippen LogP contribution in [0.3, 0.4) is 0 Å². The second kappa shape index (κ2) is 10.00. The number of morpholine rings is 1. The minimum atomic E-state index is -3.30. The van der Waals surface area contributed by atoms with Gasteiger partial charge in [-0.1, -0.05) is 24.3 Å². The predicted molar refractivity (Wildman–Crippen MR) is 127 cm³/mol. The first kappa shape index (κ1) is 24.0. The molecule has 1 aliphatic heterocycles. The molecule has 180 valence electrons. The lowest BCUT2D eigenvalue weighted by molar-refractivity contribution is -0.128. The average Bonchev–Trinajstić information content (AvgIpc) is 2.82. The van der Waals surface area contributed by atoms with E-state index in [1.165, 1.54) is 17.5 Å². The van der Waals surface area contributed by atoms with Gasteiger partial charge in [0.1, 0.15) is 12.7 Å². The quantitative estimate of drug-likeness (QED) is 0.497. The maximum atomic E-state index is 11.9. The van der Waals surface area contributed by atoms with E-state index in [9.17, 15) is 13.2 Å². The molecule has 3 heterocycles. The second-order valence-corrected chi connectivity index (χ2v) is 10.2. The molecule has 0 N–H and O–H groups in total. The molecule has 10 nitrogen and oxygen atoms in total. The standard InChI is InChI=1S/C23H27N5O5S/c1-16(29)27(2)13-17-4-6-18(7-5-17)20-12-21-22(25-9-8-24-21)23(26-20)33-15-19-14-28(10-11-32-19)34(3,30)31/h4-9,12,19H,10-11,13-15H2,1-3H3/t19-/m0/s1. The van der Waals surface area contributed by atoms with Crippen molar-refractivity contribution in [2.45, 2.75) is 19.6 Å². The van der Waals surface area contributed by atoms with E-state index in [-0.39, 0.29) is 19.1 Å². The van der Waals surface area contributed by atoms with E-state index in [2.05, 4.69) is 15.0 Å². The van der Waals surface area contributed by atoms with Crippen LogP contribution in [0.25, 0.3) is 22.3 Å². The fourth-order valence-electron chi connectivity index (χ4n) is 3.62. The number of carbonyl (C=O) groups is 1. The van der Waals surface area contributed by atoms with Crippen LogP contribution in [0.15, 0.2) is 42.7 Å². The number of carbonyl (C=O) groups excluding carboxylic acids is 1. The maximum Gasteiger partial charge on any atom is 0.242 e. The van der Waals surface area contributed by atoms with Crippen LogP contribution >= 0.6 is 0 Å². The molecular weight excluding hydrogens is 458 g/mol. The summed E-state index contributed by atoms with van der Waals surface area (Å²) in [5.41, 5.74) is 3.68. The smallest absolute Gasteiger partial charge is 0.242 e. The number of nitrogens with zero attached hydrogens (tertiary/aromatic N) is 5. The van der Waals surface area contributed by atoms with E-state index in [1.54, 1.807) is 24.3 Å². The van der Waals surface area contributed by atoms with E-state index in [0.29, 0.717) is 42.3 Å². The van der Waals surface area contributed by atoms with E-state index in [0.717, 1.165) is 11.1 Å². The average molecular weight is 486 g/mol. The molecule has 0 aliphatic carbocycles. The molecule has 4 rings (SSSR count). The summed E-state index contributed by atoms with van der Waals surface area (Å²) in [6.45, 7) is 3.04. The molecule has 1 atom stereocenters. The predicted octanol–water partition coefficient (Wildman–Crippen LogP) is 1.71. The summed E-state index contributed by atoms with van der Waals surface area (Å²) >= 11 is 0. The van der Waals surface area contributed by atoms with E-state index in [1.807, 2.05) is 30.3 Å². The third-order valence-electron chi connectivity index (χ3n) is 5.61. The van der Waals surface area contributed by atoms with Crippen molar-refractivity contribution < 1.29 is 22.7 Å². The summed E-state index contributed by atoms with van der Waals surface area (Å²) < 4.78 is 36.8. The molecule has 1 fully saturated rings. The largest absolute Gasteiger partial charge is 0.473 e. The Balaban J connectivity index is 1.56. The van der Waals surface area contributed by atoms with E-state index in [4.69, 9.17) is 9.47 Å². The van der Waals surface area contributed by atoms with Gasteiger partial charge < -0.3 is 14.4 Å². The molecular formula is C23H27N5O5S. The Morgan fingerprint density at radius 3 is 2.68 bits per heavy atom. The molecule has 0 bridgehead atoms. The van der Waals surface area contributed by atoms with Crippen molar-refractivity contribution in [3.05, 3.63) is 48.3 Å². The molecule has 2 aromatic heterocycles. The number of benzene rings is 1. The SMILES string of the molecule is CC(=O)N(C)Cc1ccc(-c2cc3nccnc3c(OC[C@@H]3CN(S(C)(=O)=O)CCO3)n2)cc1. The summed E-state index contributed by atoms with van der Waals surface area (Å²) in [4.78, 5) is 26.6. The molecule has 0 unspecified atom stereocenters. The molecule has 1 aliphatic rings. The van der Waals surface area contributed by atoms with Crippen molar-refractivity contribution in [3.63, 3.8) is 0 Å². The number of ether oxygens (including phenoxy) is 2. The number of fused-ring (bicyclic) bond motifs is 1. The maximum absolute atomic E-state index is 11.9. The molecule has 0 spiro atoms. The topological polar surface area (TPSA) is 115 Å². The highest BCUT2D eigenvalue weighted by Crippen LogP contribution is 2.27. The Labute approximate surface area is 198 Å². The number of aromatic nitrogens is 3. The summed E-state index contributed by atoms with van der Waals surface area (Å²) in [7, 11) is -1.54. The molecule has 1 aromatic carbocycles. The van der Waals surface area contributed by atoms with E-state index >= 15 is 0 Å². The Kier molecular flexibility index (Phi) is 7.05. The van der Waals surface area contributed by atoms with Gasteiger partial charge in [0.25, 0.3) is 0 Å².